The molecule has 3 saturated carbocycles. The van der Waals surface area contributed by atoms with E-state index < -0.39 is 40.7 Å². The van der Waals surface area contributed by atoms with E-state index in [-0.39, 0.29) is 36.9 Å². The molecule has 206 valence electrons. The number of carbonyl (C=O) groups excluding carboxylic acids is 1. The van der Waals surface area contributed by atoms with Crippen molar-refractivity contribution in [3.63, 3.8) is 0 Å². The maximum Gasteiger partial charge on any atom is 0.315 e. The molecular formula is C30H44O7. The van der Waals surface area contributed by atoms with Gasteiger partial charge in [0.1, 0.15) is 17.8 Å². The first-order valence-corrected chi connectivity index (χ1v) is 14.1. The van der Waals surface area contributed by atoms with Gasteiger partial charge >= 0.3 is 5.97 Å². The fourth-order valence-corrected chi connectivity index (χ4v) is 9.48. The van der Waals surface area contributed by atoms with E-state index in [9.17, 15) is 19.8 Å². The van der Waals surface area contributed by atoms with Crippen molar-refractivity contribution in [2.24, 2.45) is 45.8 Å². The number of aldehydes is 1. The number of aliphatic hydroxyl groups excluding tert-OH is 1. The molecule has 1 aliphatic heterocycles. The van der Waals surface area contributed by atoms with Gasteiger partial charge in [0.15, 0.2) is 6.29 Å². The molecule has 0 radical (unpaired) electrons. The molecule has 1 saturated heterocycles. The van der Waals surface area contributed by atoms with Crippen LogP contribution in [-0.4, -0.2) is 60.3 Å². The highest BCUT2D eigenvalue weighted by Crippen LogP contribution is 2.82. The van der Waals surface area contributed by atoms with Crippen LogP contribution in [0.2, 0.25) is 0 Å². The highest BCUT2D eigenvalue weighted by Gasteiger charge is 2.84. The maximum absolute atomic E-state index is 13.5. The molecule has 7 heteroatoms. The average Bonchev–Trinajstić information content (AvgIpc) is 3.39. The van der Waals surface area contributed by atoms with Crippen LogP contribution in [-0.2, 0) is 23.8 Å². The quantitative estimate of drug-likeness (QED) is 0.346. The van der Waals surface area contributed by atoms with Crippen LogP contribution in [0, 0.1) is 45.8 Å². The van der Waals surface area contributed by atoms with Gasteiger partial charge < -0.3 is 29.2 Å². The van der Waals surface area contributed by atoms with Crippen molar-refractivity contribution in [1.29, 1.82) is 0 Å². The Labute approximate surface area is 220 Å². The smallest absolute Gasteiger partial charge is 0.315 e. The van der Waals surface area contributed by atoms with E-state index in [4.69, 9.17) is 14.2 Å². The molecule has 7 unspecified atom stereocenters. The van der Waals surface area contributed by atoms with Crippen LogP contribution in [0.15, 0.2) is 23.8 Å². The summed E-state index contributed by atoms with van der Waals surface area (Å²) in [4.78, 5) is 26.7. The zero-order valence-corrected chi connectivity index (χ0v) is 22.9. The first kappa shape index (κ1) is 27.0. The van der Waals surface area contributed by atoms with Crippen LogP contribution in [0.1, 0.15) is 66.7 Å². The number of fused-ring (bicyclic) bond motifs is 2. The minimum atomic E-state index is -1.27. The Balaban J connectivity index is 1.46. The van der Waals surface area contributed by atoms with Crippen molar-refractivity contribution in [3.8, 4) is 0 Å². The number of aliphatic hydroxyl groups is 1. The molecule has 4 fully saturated rings. The van der Waals surface area contributed by atoms with Gasteiger partial charge in [-0.3, -0.25) is 4.79 Å². The van der Waals surface area contributed by atoms with E-state index in [1.54, 1.807) is 0 Å². The van der Waals surface area contributed by atoms with Gasteiger partial charge in [-0.2, -0.15) is 0 Å². The molecule has 37 heavy (non-hydrogen) atoms. The monoisotopic (exact) mass is 516 g/mol. The molecule has 5 rings (SSSR count). The first-order valence-electron chi connectivity index (χ1n) is 14.1. The number of carboxylic acids is 1. The minimum Gasteiger partial charge on any atom is -0.481 e. The molecule has 1 heterocycles. The van der Waals surface area contributed by atoms with E-state index in [0.29, 0.717) is 24.9 Å². The molecule has 0 aromatic heterocycles. The summed E-state index contributed by atoms with van der Waals surface area (Å²) in [6.45, 7) is 14.5. The summed E-state index contributed by atoms with van der Waals surface area (Å²) >= 11 is 0. The molecule has 7 nitrogen and oxygen atoms in total. The lowest BCUT2D eigenvalue weighted by Gasteiger charge is -2.58. The second-order valence-electron chi connectivity index (χ2n) is 13.1. The van der Waals surface area contributed by atoms with E-state index >= 15 is 0 Å². The van der Waals surface area contributed by atoms with Crippen molar-refractivity contribution in [1.82, 2.24) is 0 Å². The van der Waals surface area contributed by atoms with Gasteiger partial charge in [-0.05, 0) is 62.7 Å². The molecular weight excluding hydrogens is 472 g/mol. The van der Waals surface area contributed by atoms with E-state index in [1.807, 2.05) is 27.7 Å². The standard InChI is InChI=1S/C30H44O7/c1-16(2)13-35-26-19(6)37-25(10-24(26)32)36-15-29-12-21-18(5)7-8-22(21)28(14-31)11-20(29)9-23(17(3)4)30(28,29)27(33)34/h9,14,17-22,24-26,32H,1,7-8,10-13,15H2,2-6H3,(H,33,34)/t18?,19-,20?,21?,22?,24+,25-,26-,28?,29?,30?/m1/s1. The van der Waals surface area contributed by atoms with Crippen molar-refractivity contribution in [3.05, 3.63) is 23.8 Å². The van der Waals surface area contributed by atoms with Crippen LogP contribution in [0.4, 0.5) is 0 Å². The van der Waals surface area contributed by atoms with Crippen molar-refractivity contribution < 1.29 is 34.0 Å². The normalized spacial score (nSPS) is 48.1. The van der Waals surface area contributed by atoms with Gasteiger partial charge in [0, 0.05) is 11.8 Å². The number of allylic oxidation sites excluding steroid dienone is 1. The molecule has 11 atom stereocenters. The average molecular weight is 517 g/mol. The molecule has 2 N–H and O–H groups in total. The zero-order valence-electron chi connectivity index (χ0n) is 22.9. The number of carboxylic acid groups (broad SMARTS) is 1. The first-order chi connectivity index (χ1) is 17.4. The zero-order chi connectivity index (χ0) is 26.9. The van der Waals surface area contributed by atoms with Crippen LogP contribution < -0.4 is 0 Å². The molecule has 0 aromatic carbocycles. The fourth-order valence-electron chi connectivity index (χ4n) is 9.48. The van der Waals surface area contributed by atoms with Crippen LogP contribution in [0.5, 0.6) is 0 Å². The lowest BCUT2D eigenvalue weighted by atomic mass is 9.43. The van der Waals surface area contributed by atoms with Gasteiger partial charge in [-0.25, -0.2) is 0 Å². The summed E-state index contributed by atoms with van der Waals surface area (Å²) in [7, 11) is 0. The Hall–Kier alpha value is -1.54. The summed E-state index contributed by atoms with van der Waals surface area (Å²) < 4.78 is 18.4. The van der Waals surface area contributed by atoms with Crippen molar-refractivity contribution in [2.45, 2.75) is 91.3 Å². The molecule has 0 aromatic rings. The summed E-state index contributed by atoms with van der Waals surface area (Å²) in [5.74, 6) is -0.0316. The van der Waals surface area contributed by atoms with Crippen LogP contribution >= 0.6 is 0 Å². The number of ether oxygens (including phenoxy) is 3. The van der Waals surface area contributed by atoms with E-state index in [0.717, 1.165) is 36.7 Å². The van der Waals surface area contributed by atoms with Gasteiger partial charge in [0.25, 0.3) is 0 Å². The number of carbonyl (C=O) groups is 2. The van der Waals surface area contributed by atoms with E-state index in [2.05, 4.69) is 19.6 Å². The van der Waals surface area contributed by atoms with Gasteiger partial charge in [0.05, 0.1) is 30.8 Å². The minimum absolute atomic E-state index is 0.0227. The summed E-state index contributed by atoms with van der Waals surface area (Å²) in [6, 6.07) is 0. The Kier molecular flexibility index (Phi) is 6.79. The third-order valence-electron chi connectivity index (χ3n) is 10.8. The Bertz CT molecular complexity index is 976. The number of aliphatic carboxylic acids is 1. The van der Waals surface area contributed by atoms with E-state index in [1.165, 1.54) is 0 Å². The van der Waals surface area contributed by atoms with Crippen LogP contribution in [0.25, 0.3) is 0 Å². The summed E-state index contributed by atoms with van der Waals surface area (Å²) in [6.07, 6.45) is 4.44. The molecule has 0 spiro atoms. The third-order valence-corrected chi connectivity index (χ3v) is 10.8. The Morgan fingerprint density at radius 2 is 2.00 bits per heavy atom. The molecule has 4 aliphatic carbocycles. The predicted octanol–water partition coefficient (Wildman–Crippen LogP) is 4.38. The molecule has 4 bridgehead atoms. The SMILES string of the molecule is C=C(C)CO[C@H]1[C@@H](O)C[C@H](OCC23CC4C(C)CCC4C4(C=O)CC2C=C(C(C)C)C43C(=O)O)O[C@@H]1C. The third kappa shape index (κ3) is 3.53. The fraction of sp³-hybridized carbons (Fsp3) is 0.800. The lowest BCUT2D eigenvalue weighted by Crippen LogP contribution is -2.63. The second-order valence-corrected chi connectivity index (χ2v) is 13.1. The topological polar surface area (TPSA) is 102 Å². The molecule has 0 amide bonds. The summed E-state index contributed by atoms with van der Waals surface area (Å²) in [5, 5.41) is 21.9. The Morgan fingerprint density at radius 3 is 2.59 bits per heavy atom. The van der Waals surface area contributed by atoms with Gasteiger partial charge in [-0.1, -0.05) is 51.0 Å². The lowest BCUT2D eigenvalue weighted by molar-refractivity contribution is -0.268. The predicted molar refractivity (Wildman–Crippen MR) is 137 cm³/mol. The molecule has 5 aliphatic rings. The number of hydrogen-bond donors (Lipinski definition) is 2. The van der Waals surface area contributed by atoms with Gasteiger partial charge in [-0.15, -0.1) is 0 Å². The number of hydrogen-bond acceptors (Lipinski definition) is 6. The van der Waals surface area contributed by atoms with Crippen molar-refractivity contribution >= 4 is 12.3 Å². The largest absolute Gasteiger partial charge is 0.481 e. The highest BCUT2D eigenvalue weighted by atomic mass is 16.7. The van der Waals surface area contributed by atoms with Crippen molar-refractivity contribution in [2.75, 3.05) is 13.2 Å². The number of rotatable bonds is 9. The summed E-state index contributed by atoms with van der Waals surface area (Å²) in [5.41, 5.74) is -1.11. The second kappa shape index (κ2) is 9.29. The van der Waals surface area contributed by atoms with Gasteiger partial charge in [0.2, 0.25) is 0 Å². The highest BCUT2D eigenvalue weighted by molar-refractivity contribution is 5.90. The van der Waals surface area contributed by atoms with Crippen LogP contribution in [0.3, 0.4) is 0 Å². The maximum atomic E-state index is 13.5. The Morgan fingerprint density at radius 1 is 1.27 bits per heavy atom.